The Labute approximate surface area is 219 Å². The lowest BCUT2D eigenvalue weighted by Crippen LogP contribution is -2.48. The van der Waals surface area contributed by atoms with E-state index in [2.05, 4.69) is 25.7 Å². The van der Waals surface area contributed by atoms with Crippen molar-refractivity contribution in [2.24, 2.45) is 0 Å². The minimum absolute atomic E-state index is 0.208. The smallest absolute Gasteiger partial charge is 0.406 e. The van der Waals surface area contributed by atoms with Crippen LogP contribution in [0.3, 0.4) is 0 Å². The number of aryl methyl sites for hydroxylation is 1. The highest BCUT2D eigenvalue weighted by Gasteiger charge is 2.33. The highest BCUT2D eigenvalue weighted by atomic mass is 19.1. The van der Waals surface area contributed by atoms with Gasteiger partial charge in [0.05, 0.1) is 19.1 Å². The molecular weight excluding hydrogens is 475 g/mol. The van der Waals surface area contributed by atoms with Crippen molar-refractivity contribution in [3.8, 4) is 0 Å². The molecule has 0 radical (unpaired) electrons. The van der Waals surface area contributed by atoms with Gasteiger partial charge in [0.2, 0.25) is 0 Å². The number of hydrogen-bond donors (Lipinski definition) is 2. The maximum atomic E-state index is 14.4. The van der Waals surface area contributed by atoms with E-state index < -0.39 is 5.60 Å². The fourth-order valence-electron chi connectivity index (χ4n) is 3.80. The normalized spacial score (nSPS) is 14.8. The van der Waals surface area contributed by atoms with E-state index in [0.29, 0.717) is 37.6 Å². The van der Waals surface area contributed by atoms with Gasteiger partial charge in [-0.05, 0) is 57.0 Å². The summed E-state index contributed by atoms with van der Waals surface area (Å²) in [5, 5.41) is 13.9. The Hall–Kier alpha value is -3.40. The molecule has 0 saturated heterocycles. The first kappa shape index (κ1) is 29.8. The SMILES string of the molecule is CC.CNC(=O)c1ccc(NC(CN2CC[N+](C(=O)OC(C)(C)C)=C(C)C2)c2ccc(C)c(F)c2)nn1. The van der Waals surface area contributed by atoms with Gasteiger partial charge in [-0.25, -0.2) is 4.39 Å². The fourth-order valence-corrected chi connectivity index (χ4v) is 3.80. The van der Waals surface area contributed by atoms with Crippen LogP contribution in [0.1, 0.15) is 69.2 Å². The molecule has 1 atom stereocenters. The summed E-state index contributed by atoms with van der Waals surface area (Å²) >= 11 is 0. The lowest BCUT2D eigenvalue weighted by Gasteiger charge is -2.30. The predicted molar refractivity (Wildman–Crippen MR) is 143 cm³/mol. The number of halogens is 1. The molecule has 1 unspecified atom stereocenters. The predicted octanol–water partition coefficient (Wildman–Crippen LogP) is 4.19. The van der Waals surface area contributed by atoms with Crippen LogP contribution < -0.4 is 10.6 Å². The number of carbonyl (C=O) groups excluding carboxylic acids is 2. The van der Waals surface area contributed by atoms with E-state index >= 15 is 0 Å². The maximum absolute atomic E-state index is 14.4. The average molecular weight is 516 g/mol. The Kier molecular flexibility index (Phi) is 10.7. The molecule has 0 spiro atoms. The Bertz CT molecular complexity index is 1110. The number of nitrogens with one attached hydrogen (secondary N) is 2. The van der Waals surface area contributed by atoms with Gasteiger partial charge in [-0.2, -0.15) is 4.79 Å². The van der Waals surface area contributed by atoms with Gasteiger partial charge < -0.3 is 15.4 Å². The molecule has 0 saturated carbocycles. The van der Waals surface area contributed by atoms with Crippen LogP contribution >= 0.6 is 0 Å². The van der Waals surface area contributed by atoms with E-state index in [4.69, 9.17) is 4.74 Å². The van der Waals surface area contributed by atoms with Crippen molar-refractivity contribution in [1.29, 1.82) is 0 Å². The molecule has 0 bridgehead atoms. The van der Waals surface area contributed by atoms with Crippen molar-refractivity contribution in [1.82, 2.24) is 20.4 Å². The molecule has 10 heteroatoms. The average Bonchev–Trinajstić information content (AvgIpc) is 2.85. The summed E-state index contributed by atoms with van der Waals surface area (Å²) in [5.74, 6) is -0.139. The van der Waals surface area contributed by atoms with Crippen LogP contribution in [0.5, 0.6) is 0 Å². The number of amides is 2. The van der Waals surface area contributed by atoms with Crippen LogP contribution in [0.4, 0.5) is 15.0 Å². The number of hydrogen-bond acceptors (Lipinski definition) is 7. The van der Waals surface area contributed by atoms with E-state index in [0.717, 1.165) is 11.3 Å². The molecule has 0 aliphatic carbocycles. The van der Waals surface area contributed by atoms with E-state index in [1.807, 2.05) is 47.6 Å². The fraction of sp³-hybridized carbons (Fsp3) is 0.519. The van der Waals surface area contributed by atoms with Crippen molar-refractivity contribution in [2.75, 3.05) is 38.5 Å². The molecule has 37 heavy (non-hydrogen) atoms. The van der Waals surface area contributed by atoms with Gasteiger partial charge in [-0.1, -0.05) is 26.0 Å². The van der Waals surface area contributed by atoms with Crippen molar-refractivity contribution in [3.63, 3.8) is 0 Å². The zero-order valence-corrected chi connectivity index (χ0v) is 23.2. The van der Waals surface area contributed by atoms with Crippen LogP contribution in [0.15, 0.2) is 30.3 Å². The highest BCUT2D eigenvalue weighted by Crippen LogP contribution is 2.23. The van der Waals surface area contributed by atoms with Crippen molar-refractivity contribution in [2.45, 2.75) is 60.1 Å². The molecule has 9 nitrogen and oxygen atoms in total. The zero-order chi connectivity index (χ0) is 27.8. The molecule has 1 aromatic carbocycles. The van der Waals surface area contributed by atoms with Crippen LogP contribution in [-0.4, -0.2) is 76.2 Å². The number of anilines is 1. The number of carbonyl (C=O) groups is 2. The molecule has 1 aliphatic rings. The summed E-state index contributed by atoms with van der Waals surface area (Å²) < 4.78 is 21.6. The molecule has 1 aliphatic heterocycles. The highest BCUT2D eigenvalue weighted by molar-refractivity contribution is 5.91. The van der Waals surface area contributed by atoms with Crippen LogP contribution in [0.2, 0.25) is 0 Å². The van der Waals surface area contributed by atoms with Gasteiger partial charge in [-0.3, -0.25) is 9.69 Å². The number of benzene rings is 1. The van der Waals surface area contributed by atoms with E-state index in [1.54, 1.807) is 29.7 Å². The summed E-state index contributed by atoms with van der Waals surface area (Å²) in [4.78, 5) is 26.5. The second-order valence-electron chi connectivity index (χ2n) is 9.69. The topological polar surface area (TPSA) is 99.5 Å². The van der Waals surface area contributed by atoms with Crippen molar-refractivity contribution < 1.29 is 23.3 Å². The van der Waals surface area contributed by atoms with Crippen molar-refractivity contribution >= 4 is 23.5 Å². The lowest BCUT2D eigenvalue weighted by atomic mass is 10.0. The minimum Gasteiger partial charge on any atom is -0.406 e. The first-order chi connectivity index (χ1) is 17.5. The molecule has 2 N–H and O–H groups in total. The first-order valence-electron chi connectivity index (χ1n) is 12.6. The standard InChI is InChI=1S/C25H33FN6O3.C2H6/c1-16-7-8-18(13-19(16)26)21(28-22-10-9-20(29-30-22)23(33)27-6)15-31-11-12-32(17(2)14-31)24(34)35-25(3,4)5;1-2/h7-10,13,21H,11-12,14-15H2,1-6H3,(H-,27,28,30,33);1-2H3/p+1. The first-order valence-corrected chi connectivity index (χ1v) is 12.6. The number of ether oxygens (including phenoxy) is 1. The summed E-state index contributed by atoms with van der Waals surface area (Å²) in [6.07, 6.45) is -0.351. The lowest BCUT2D eigenvalue weighted by molar-refractivity contribution is -0.458. The number of nitrogens with zero attached hydrogens (tertiary/aromatic N) is 4. The molecule has 2 aromatic rings. The molecule has 3 rings (SSSR count). The van der Waals surface area contributed by atoms with Gasteiger partial charge in [-0.15, -0.1) is 14.8 Å². The third-order valence-corrected chi connectivity index (χ3v) is 5.65. The largest absolute Gasteiger partial charge is 0.596 e. The minimum atomic E-state index is -0.562. The van der Waals surface area contributed by atoms with Gasteiger partial charge in [0.1, 0.15) is 17.2 Å². The Morgan fingerprint density at radius 3 is 2.41 bits per heavy atom. The zero-order valence-electron chi connectivity index (χ0n) is 23.2. The van der Waals surface area contributed by atoms with Crippen LogP contribution in [0, 0.1) is 12.7 Å². The molecule has 2 heterocycles. The summed E-state index contributed by atoms with van der Waals surface area (Å²) in [6.45, 7) is 15.4. The molecule has 0 fully saturated rings. The Balaban J connectivity index is 0.00000235. The third kappa shape index (κ3) is 8.59. The van der Waals surface area contributed by atoms with Gasteiger partial charge in [0.15, 0.2) is 18.0 Å². The molecular formula is C27H40FN6O3+. The maximum Gasteiger partial charge on any atom is 0.596 e. The van der Waals surface area contributed by atoms with E-state index in [-0.39, 0.29) is 29.6 Å². The molecule has 1 aromatic heterocycles. The second-order valence-corrected chi connectivity index (χ2v) is 9.69. The molecule has 202 valence electrons. The summed E-state index contributed by atoms with van der Waals surface area (Å²) in [6, 6.07) is 8.11. The number of rotatable bonds is 6. The van der Waals surface area contributed by atoms with Crippen LogP contribution in [-0.2, 0) is 4.74 Å². The Morgan fingerprint density at radius 2 is 1.86 bits per heavy atom. The van der Waals surface area contributed by atoms with Crippen LogP contribution in [0.25, 0.3) is 0 Å². The van der Waals surface area contributed by atoms with Gasteiger partial charge in [0.25, 0.3) is 5.91 Å². The summed E-state index contributed by atoms with van der Waals surface area (Å²) in [7, 11) is 1.53. The number of aromatic nitrogens is 2. The van der Waals surface area contributed by atoms with Crippen molar-refractivity contribution in [3.05, 3.63) is 53.0 Å². The monoisotopic (exact) mass is 515 g/mol. The van der Waals surface area contributed by atoms with E-state index in [1.165, 1.54) is 13.1 Å². The third-order valence-electron chi connectivity index (χ3n) is 5.65. The second kappa shape index (κ2) is 13.2. The quantitative estimate of drug-likeness (QED) is 0.557. The van der Waals surface area contributed by atoms with Gasteiger partial charge in [0, 0.05) is 20.5 Å². The van der Waals surface area contributed by atoms with Gasteiger partial charge >= 0.3 is 6.09 Å². The van der Waals surface area contributed by atoms with E-state index in [9.17, 15) is 14.0 Å². The Morgan fingerprint density at radius 1 is 1.16 bits per heavy atom. The molecule has 2 amide bonds. The summed E-state index contributed by atoms with van der Waals surface area (Å²) in [5.41, 5.74) is 1.86.